The van der Waals surface area contributed by atoms with E-state index in [1.165, 1.54) is 0 Å². The van der Waals surface area contributed by atoms with E-state index in [-0.39, 0.29) is 12.0 Å². The maximum absolute atomic E-state index is 12.9. The average Bonchev–Trinajstić information content (AvgIpc) is 2.59. The maximum Gasteiger partial charge on any atom is 0.314 e. The van der Waals surface area contributed by atoms with Gasteiger partial charge in [0.2, 0.25) is 0 Å². The lowest BCUT2D eigenvalue weighted by Crippen LogP contribution is -2.40. The molecule has 4 heteroatoms. The number of benzene rings is 2. The lowest BCUT2D eigenvalue weighted by atomic mass is 9.80. The van der Waals surface area contributed by atoms with Crippen LogP contribution in [0.2, 0.25) is 0 Å². The Morgan fingerprint density at radius 3 is 2.08 bits per heavy atom. The van der Waals surface area contributed by atoms with Gasteiger partial charge in [-0.15, -0.1) is 0 Å². The van der Waals surface area contributed by atoms with Gasteiger partial charge in [0.1, 0.15) is 11.4 Å². The SMILES string of the molecule is COc1ccccc1NC(c1ccccc1)C(C)(C)C(=O)OC(C)(C)C. The Labute approximate surface area is 156 Å². The van der Waals surface area contributed by atoms with Gasteiger partial charge < -0.3 is 14.8 Å². The normalized spacial score (nSPS) is 13.0. The monoisotopic (exact) mass is 355 g/mol. The molecule has 0 aromatic heterocycles. The maximum atomic E-state index is 12.9. The molecule has 0 saturated heterocycles. The number of rotatable bonds is 6. The minimum absolute atomic E-state index is 0.249. The third kappa shape index (κ3) is 4.78. The molecule has 140 valence electrons. The quantitative estimate of drug-likeness (QED) is 0.722. The van der Waals surface area contributed by atoms with Gasteiger partial charge in [-0.05, 0) is 52.3 Å². The van der Waals surface area contributed by atoms with Crippen LogP contribution in [0.25, 0.3) is 0 Å². The van der Waals surface area contributed by atoms with Crippen LogP contribution in [0, 0.1) is 5.41 Å². The van der Waals surface area contributed by atoms with E-state index in [1.807, 2.05) is 89.2 Å². The third-order valence-corrected chi connectivity index (χ3v) is 4.19. The molecule has 1 unspecified atom stereocenters. The molecule has 26 heavy (non-hydrogen) atoms. The van der Waals surface area contributed by atoms with Crippen molar-refractivity contribution in [1.29, 1.82) is 0 Å². The Bertz CT molecular complexity index is 733. The highest BCUT2D eigenvalue weighted by atomic mass is 16.6. The van der Waals surface area contributed by atoms with Gasteiger partial charge in [-0.3, -0.25) is 4.79 Å². The molecule has 0 heterocycles. The summed E-state index contributed by atoms with van der Waals surface area (Å²) in [4.78, 5) is 12.9. The van der Waals surface area contributed by atoms with Crippen molar-refractivity contribution in [2.75, 3.05) is 12.4 Å². The van der Waals surface area contributed by atoms with Crippen LogP contribution in [0.5, 0.6) is 5.75 Å². The number of hydrogen-bond acceptors (Lipinski definition) is 4. The van der Waals surface area contributed by atoms with Crippen molar-refractivity contribution in [2.24, 2.45) is 5.41 Å². The van der Waals surface area contributed by atoms with Gasteiger partial charge in [0.25, 0.3) is 0 Å². The summed E-state index contributed by atoms with van der Waals surface area (Å²) in [7, 11) is 1.64. The predicted molar refractivity (Wildman–Crippen MR) is 105 cm³/mol. The summed E-state index contributed by atoms with van der Waals surface area (Å²) in [6, 6.07) is 17.3. The second kappa shape index (κ2) is 7.81. The van der Waals surface area contributed by atoms with Crippen molar-refractivity contribution in [3.63, 3.8) is 0 Å². The number of esters is 1. The fraction of sp³-hybridized carbons (Fsp3) is 0.409. The zero-order valence-electron chi connectivity index (χ0n) is 16.5. The summed E-state index contributed by atoms with van der Waals surface area (Å²) >= 11 is 0. The molecule has 0 radical (unpaired) electrons. The van der Waals surface area contributed by atoms with E-state index in [2.05, 4.69) is 5.32 Å². The number of nitrogens with one attached hydrogen (secondary N) is 1. The molecule has 2 aromatic rings. The van der Waals surface area contributed by atoms with E-state index in [1.54, 1.807) is 7.11 Å². The van der Waals surface area contributed by atoms with Crippen LogP contribution in [0.4, 0.5) is 5.69 Å². The number of para-hydroxylation sites is 2. The Hall–Kier alpha value is -2.49. The number of methoxy groups -OCH3 is 1. The standard InChI is InChI=1S/C22H29NO3/c1-21(2,3)26-20(24)22(4,5)19(16-12-8-7-9-13-16)23-17-14-10-11-15-18(17)25-6/h7-15,19,23H,1-6H3. The highest BCUT2D eigenvalue weighted by molar-refractivity contribution is 5.78. The first kappa shape index (κ1) is 19.8. The fourth-order valence-corrected chi connectivity index (χ4v) is 2.77. The van der Waals surface area contributed by atoms with Crippen LogP contribution in [0.15, 0.2) is 54.6 Å². The molecule has 0 aliphatic heterocycles. The molecule has 0 spiro atoms. The zero-order chi connectivity index (χ0) is 19.4. The van der Waals surface area contributed by atoms with Crippen molar-refractivity contribution >= 4 is 11.7 Å². The van der Waals surface area contributed by atoms with Crippen molar-refractivity contribution < 1.29 is 14.3 Å². The molecular weight excluding hydrogens is 326 g/mol. The molecule has 1 atom stereocenters. The molecule has 2 rings (SSSR count). The van der Waals surface area contributed by atoms with Gasteiger partial charge >= 0.3 is 5.97 Å². The van der Waals surface area contributed by atoms with Crippen LogP contribution in [-0.2, 0) is 9.53 Å². The minimum Gasteiger partial charge on any atom is -0.495 e. The number of carbonyl (C=O) groups is 1. The third-order valence-electron chi connectivity index (χ3n) is 4.19. The molecule has 1 N–H and O–H groups in total. The predicted octanol–water partition coefficient (Wildman–Crippen LogP) is 5.22. The highest BCUT2D eigenvalue weighted by Gasteiger charge is 2.41. The van der Waals surface area contributed by atoms with E-state index in [0.29, 0.717) is 0 Å². The van der Waals surface area contributed by atoms with Gasteiger partial charge in [-0.2, -0.15) is 0 Å². The van der Waals surface area contributed by atoms with Crippen molar-refractivity contribution in [2.45, 2.75) is 46.3 Å². The van der Waals surface area contributed by atoms with Crippen LogP contribution in [0.3, 0.4) is 0 Å². The second-order valence-electron chi connectivity index (χ2n) is 7.91. The lowest BCUT2D eigenvalue weighted by Gasteiger charge is -2.36. The largest absolute Gasteiger partial charge is 0.495 e. The topological polar surface area (TPSA) is 47.6 Å². The van der Waals surface area contributed by atoms with Gasteiger partial charge in [-0.1, -0.05) is 42.5 Å². The van der Waals surface area contributed by atoms with Gasteiger partial charge in [-0.25, -0.2) is 0 Å². The van der Waals surface area contributed by atoms with Crippen molar-refractivity contribution in [3.8, 4) is 5.75 Å². The number of carbonyl (C=O) groups excluding carboxylic acids is 1. The molecule has 0 fully saturated rings. The summed E-state index contributed by atoms with van der Waals surface area (Å²) in [5.74, 6) is 0.481. The van der Waals surface area contributed by atoms with Gasteiger partial charge in [0.15, 0.2) is 0 Å². The summed E-state index contributed by atoms with van der Waals surface area (Å²) in [6.45, 7) is 9.45. The lowest BCUT2D eigenvalue weighted by molar-refractivity contribution is -0.166. The smallest absolute Gasteiger partial charge is 0.314 e. The molecular formula is C22H29NO3. The second-order valence-corrected chi connectivity index (χ2v) is 7.91. The Morgan fingerprint density at radius 1 is 0.923 bits per heavy atom. The molecule has 0 amide bonds. The highest BCUT2D eigenvalue weighted by Crippen LogP contribution is 2.40. The fourth-order valence-electron chi connectivity index (χ4n) is 2.77. The van der Waals surface area contributed by atoms with Crippen LogP contribution >= 0.6 is 0 Å². The van der Waals surface area contributed by atoms with Crippen molar-refractivity contribution in [1.82, 2.24) is 0 Å². The molecule has 0 aliphatic rings. The van der Waals surface area contributed by atoms with E-state index >= 15 is 0 Å². The first-order valence-electron chi connectivity index (χ1n) is 8.83. The van der Waals surface area contributed by atoms with Gasteiger partial charge in [0.05, 0.1) is 24.3 Å². The number of hydrogen-bond donors (Lipinski definition) is 1. The summed E-state index contributed by atoms with van der Waals surface area (Å²) in [5, 5.41) is 3.50. The molecule has 0 saturated carbocycles. The van der Waals surface area contributed by atoms with Crippen LogP contribution in [-0.4, -0.2) is 18.7 Å². The van der Waals surface area contributed by atoms with Crippen LogP contribution < -0.4 is 10.1 Å². The Balaban J connectivity index is 2.43. The van der Waals surface area contributed by atoms with E-state index in [0.717, 1.165) is 17.0 Å². The first-order chi connectivity index (χ1) is 12.1. The first-order valence-corrected chi connectivity index (χ1v) is 8.83. The zero-order valence-corrected chi connectivity index (χ0v) is 16.5. The van der Waals surface area contributed by atoms with E-state index < -0.39 is 11.0 Å². The summed E-state index contributed by atoms with van der Waals surface area (Å²) < 4.78 is 11.1. The minimum atomic E-state index is -0.796. The Kier molecular flexibility index (Phi) is 5.96. The van der Waals surface area contributed by atoms with Crippen LogP contribution in [0.1, 0.15) is 46.2 Å². The van der Waals surface area contributed by atoms with E-state index in [4.69, 9.17) is 9.47 Å². The van der Waals surface area contributed by atoms with E-state index in [9.17, 15) is 4.79 Å². The Morgan fingerprint density at radius 2 is 1.50 bits per heavy atom. The summed E-state index contributed by atoms with van der Waals surface area (Å²) in [5.41, 5.74) is 0.505. The van der Waals surface area contributed by atoms with Gasteiger partial charge in [0, 0.05) is 0 Å². The van der Waals surface area contributed by atoms with Crippen molar-refractivity contribution in [3.05, 3.63) is 60.2 Å². The molecule has 0 aliphatic carbocycles. The summed E-state index contributed by atoms with van der Waals surface area (Å²) in [6.07, 6.45) is 0. The molecule has 0 bridgehead atoms. The molecule has 2 aromatic carbocycles. The number of ether oxygens (including phenoxy) is 2. The molecule has 4 nitrogen and oxygen atoms in total. The average molecular weight is 355 g/mol. The number of anilines is 1.